The van der Waals surface area contributed by atoms with Crippen molar-refractivity contribution in [1.82, 2.24) is 5.43 Å². The molecule has 0 spiro atoms. The molecule has 5 nitrogen and oxygen atoms in total. The van der Waals surface area contributed by atoms with Crippen LogP contribution in [0.3, 0.4) is 0 Å². The number of rotatable bonds is 7. The Bertz CT molecular complexity index is 1020. The van der Waals surface area contributed by atoms with Crippen molar-refractivity contribution in [2.75, 3.05) is 0 Å². The molecule has 0 aliphatic heterocycles. The van der Waals surface area contributed by atoms with Gasteiger partial charge in [0.2, 0.25) is 0 Å². The van der Waals surface area contributed by atoms with E-state index in [4.69, 9.17) is 16.3 Å². The van der Waals surface area contributed by atoms with Gasteiger partial charge in [0.05, 0.1) is 13.4 Å². The van der Waals surface area contributed by atoms with Crippen LogP contribution < -0.4 is 10.2 Å². The molecule has 0 radical (unpaired) electrons. The zero-order valence-electron chi connectivity index (χ0n) is 15.6. The number of amides is 1. The highest BCUT2D eigenvalue weighted by atomic mass is 127. The van der Waals surface area contributed by atoms with Crippen molar-refractivity contribution < 1.29 is 14.6 Å². The van der Waals surface area contributed by atoms with Crippen LogP contribution in [0.25, 0.3) is 0 Å². The topological polar surface area (TPSA) is 70.9 Å². The molecule has 3 rings (SSSR count). The maximum atomic E-state index is 12.1. The van der Waals surface area contributed by atoms with E-state index in [0.29, 0.717) is 17.2 Å². The van der Waals surface area contributed by atoms with Crippen molar-refractivity contribution in [2.45, 2.75) is 12.7 Å². The van der Waals surface area contributed by atoms with Gasteiger partial charge in [-0.25, -0.2) is 5.43 Å². The Labute approximate surface area is 206 Å². The number of halogens is 3. The number of aliphatic hydroxyl groups excluding tert-OH is 1. The summed E-state index contributed by atoms with van der Waals surface area (Å²) in [6, 6.07) is 20.0. The first-order valence-corrected chi connectivity index (χ1v) is 11.4. The highest BCUT2D eigenvalue weighted by molar-refractivity contribution is 14.1. The van der Waals surface area contributed by atoms with Crippen molar-refractivity contribution in [3.8, 4) is 5.75 Å². The Morgan fingerprint density at radius 3 is 2.37 bits per heavy atom. The molecule has 0 heterocycles. The fourth-order valence-electron chi connectivity index (χ4n) is 2.55. The number of aliphatic hydroxyl groups is 1. The van der Waals surface area contributed by atoms with E-state index in [1.54, 1.807) is 24.3 Å². The van der Waals surface area contributed by atoms with Gasteiger partial charge in [0.25, 0.3) is 5.91 Å². The van der Waals surface area contributed by atoms with E-state index in [2.05, 4.69) is 55.7 Å². The lowest BCUT2D eigenvalue weighted by Crippen LogP contribution is -2.25. The van der Waals surface area contributed by atoms with Gasteiger partial charge in [-0.15, -0.1) is 0 Å². The maximum Gasteiger partial charge on any atom is 0.273 e. The first kappa shape index (κ1) is 23.0. The number of hydrogen-bond acceptors (Lipinski definition) is 4. The normalized spacial score (nSPS) is 12.0. The molecule has 0 saturated heterocycles. The van der Waals surface area contributed by atoms with Gasteiger partial charge < -0.3 is 9.84 Å². The molecule has 3 aromatic carbocycles. The Morgan fingerprint density at radius 2 is 1.73 bits per heavy atom. The third-order valence-electron chi connectivity index (χ3n) is 4.07. The highest BCUT2D eigenvalue weighted by Crippen LogP contribution is 2.29. The lowest BCUT2D eigenvalue weighted by atomic mass is 10.1. The average Bonchev–Trinajstić information content (AvgIpc) is 2.74. The molecule has 2 N–H and O–H groups in total. The fourth-order valence-corrected chi connectivity index (χ4v) is 4.80. The number of nitrogens with zero attached hydrogens (tertiary/aromatic N) is 1. The minimum Gasteiger partial charge on any atom is -0.487 e. The largest absolute Gasteiger partial charge is 0.487 e. The van der Waals surface area contributed by atoms with Crippen molar-refractivity contribution in [3.05, 3.63) is 95.6 Å². The van der Waals surface area contributed by atoms with Gasteiger partial charge in [0, 0.05) is 5.02 Å². The van der Waals surface area contributed by atoms with Crippen LogP contribution >= 0.6 is 56.8 Å². The molecule has 8 heteroatoms. The van der Waals surface area contributed by atoms with Gasteiger partial charge in [0.15, 0.2) is 6.10 Å². The molecule has 0 bridgehead atoms. The zero-order valence-corrected chi connectivity index (χ0v) is 20.6. The van der Waals surface area contributed by atoms with E-state index in [0.717, 1.165) is 24.0 Å². The maximum absolute atomic E-state index is 12.1. The summed E-state index contributed by atoms with van der Waals surface area (Å²) in [5.41, 5.74) is 4.71. The molecular formula is C22H17ClI2N2O3. The number of hydrogen-bond donors (Lipinski definition) is 2. The number of nitrogens with one attached hydrogen (secondary N) is 1. The van der Waals surface area contributed by atoms with Crippen LogP contribution in [0.1, 0.15) is 22.8 Å². The van der Waals surface area contributed by atoms with Crippen molar-refractivity contribution in [2.24, 2.45) is 5.10 Å². The lowest BCUT2D eigenvalue weighted by molar-refractivity contribution is -0.129. The second-order valence-electron chi connectivity index (χ2n) is 6.28. The van der Waals surface area contributed by atoms with Crippen LogP contribution in [0.15, 0.2) is 71.8 Å². The van der Waals surface area contributed by atoms with Crippen molar-refractivity contribution >= 4 is 68.9 Å². The predicted molar refractivity (Wildman–Crippen MR) is 135 cm³/mol. The smallest absolute Gasteiger partial charge is 0.273 e. The Kier molecular flexibility index (Phi) is 8.49. The third-order valence-corrected chi connectivity index (χ3v) is 5.92. The molecule has 0 aliphatic rings. The molecule has 0 aliphatic carbocycles. The van der Waals surface area contributed by atoms with Crippen molar-refractivity contribution in [3.63, 3.8) is 0 Å². The first-order valence-electron chi connectivity index (χ1n) is 8.86. The molecule has 0 saturated carbocycles. The van der Waals surface area contributed by atoms with E-state index in [1.807, 2.05) is 42.5 Å². The van der Waals surface area contributed by atoms with E-state index < -0.39 is 12.0 Å². The van der Waals surface area contributed by atoms with Crippen LogP contribution in [-0.4, -0.2) is 17.2 Å². The summed E-state index contributed by atoms with van der Waals surface area (Å²) in [4.78, 5) is 12.1. The first-order chi connectivity index (χ1) is 14.4. The van der Waals surface area contributed by atoms with E-state index >= 15 is 0 Å². The monoisotopic (exact) mass is 646 g/mol. The minimum atomic E-state index is -1.27. The Balaban J connectivity index is 1.61. The van der Waals surface area contributed by atoms with Gasteiger partial charge in [-0.2, -0.15) is 5.10 Å². The third kappa shape index (κ3) is 6.40. The quantitative estimate of drug-likeness (QED) is 0.208. The van der Waals surface area contributed by atoms with Gasteiger partial charge in [0.1, 0.15) is 12.4 Å². The molecule has 154 valence electrons. The summed E-state index contributed by atoms with van der Waals surface area (Å²) in [7, 11) is 0. The van der Waals surface area contributed by atoms with Crippen LogP contribution in [0.2, 0.25) is 5.02 Å². The second kappa shape index (κ2) is 11.1. The molecule has 1 atom stereocenters. The van der Waals surface area contributed by atoms with Crippen molar-refractivity contribution in [1.29, 1.82) is 0 Å². The van der Waals surface area contributed by atoms with Gasteiger partial charge >= 0.3 is 0 Å². The number of hydrazone groups is 1. The van der Waals surface area contributed by atoms with Crippen LogP contribution in [0, 0.1) is 7.14 Å². The van der Waals surface area contributed by atoms with Crippen LogP contribution in [0.4, 0.5) is 0 Å². The summed E-state index contributed by atoms with van der Waals surface area (Å²) in [6.45, 7) is 0.435. The van der Waals surface area contributed by atoms with E-state index in [1.165, 1.54) is 6.21 Å². The van der Waals surface area contributed by atoms with Crippen LogP contribution in [-0.2, 0) is 11.4 Å². The van der Waals surface area contributed by atoms with E-state index in [9.17, 15) is 9.90 Å². The van der Waals surface area contributed by atoms with Crippen LogP contribution in [0.5, 0.6) is 5.75 Å². The number of ether oxygens (including phenoxy) is 1. The number of benzene rings is 3. The van der Waals surface area contributed by atoms with Gasteiger partial charge in [-0.3, -0.25) is 4.79 Å². The second-order valence-corrected chi connectivity index (χ2v) is 9.04. The predicted octanol–water partition coefficient (Wildman–Crippen LogP) is 5.31. The highest BCUT2D eigenvalue weighted by Gasteiger charge is 2.16. The SMILES string of the molecule is O=C(N/N=C\c1cc(I)c(OCc2ccc(Cl)cc2)c(I)c1)[C@H](O)c1ccccc1. The van der Waals surface area contributed by atoms with E-state index in [-0.39, 0.29) is 0 Å². The lowest BCUT2D eigenvalue weighted by Gasteiger charge is -2.12. The minimum absolute atomic E-state index is 0.435. The Morgan fingerprint density at radius 1 is 1.10 bits per heavy atom. The fraction of sp³-hybridized carbons (Fsp3) is 0.0909. The summed E-state index contributed by atoms with van der Waals surface area (Å²) < 4.78 is 7.81. The van der Waals surface area contributed by atoms with Gasteiger partial charge in [-0.1, -0.05) is 54.1 Å². The molecule has 0 fully saturated rings. The zero-order chi connectivity index (χ0) is 21.5. The standard InChI is InChI=1S/C22H17ClI2N2O3/c23-17-8-6-14(7-9-17)13-30-21-18(24)10-15(11-19(21)25)12-26-27-22(29)20(28)16-4-2-1-3-5-16/h1-12,20,28H,13H2,(H,27,29)/b26-12-/t20-/m1/s1. The summed E-state index contributed by atoms with van der Waals surface area (Å²) in [5.74, 6) is 0.191. The number of carbonyl (C=O) groups is 1. The molecule has 30 heavy (non-hydrogen) atoms. The average molecular weight is 647 g/mol. The molecule has 0 aromatic heterocycles. The summed E-state index contributed by atoms with van der Waals surface area (Å²) in [6.07, 6.45) is 0.260. The molecular weight excluding hydrogens is 630 g/mol. The number of carbonyl (C=O) groups excluding carboxylic acids is 1. The summed E-state index contributed by atoms with van der Waals surface area (Å²) in [5, 5.41) is 14.7. The molecule has 3 aromatic rings. The summed E-state index contributed by atoms with van der Waals surface area (Å²) >= 11 is 10.3. The Hall–Kier alpha value is -1.69. The van der Waals surface area contributed by atoms with Gasteiger partial charge in [-0.05, 0) is 86.1 Å². The molecule has 1 amide bonds. The molecule has 0 unspecified atom stereocenters.